The molecule has 96 valence electrons. The summed E-state index contributed by atoms with van der Waals surface area (Å²) in [6, 6.07) is 0.475. The largest absolute Gasteiger partial charge is 0.348 e. The molecule has 1 aliphatic heterocycles. The van der Waals surface area contributed by atoms with Gasteiger partial charge in [-0.2, -0.15) is 0 Å². The van der Waals surface area contributed by atoms with Crippen molar-refractivity contribution in [3.63, 3.8) is 0 Å². The first-order valence-electron chi connectivity index (χ1n) is 6.64. The van der Waals surface area contributed by atoms with Gasteiger partial charge in [0.1, 0.15) is 0 Å². The van der Waals surface area contributed by atoms with Crippen LogP contribution in [0.3, 0.4) is 0 Å². The van der Waals surface area contributed by atoms with E-state index in [-0.39, 0.29) is 0 Å². The van der Waals surface area contributed by atoms with Gasteiger partial charge in [0.15, 0.2) is 0 Å². The third-order valence-electron chi connectivity index (χ3n) is 3.59. The topological polar surface area (TPSA) is 58.5 Å². The number of hydrogen-bond acceptors (Lipinski definition) is 3. The maximum atomic E-state index is 4.29. The normalized spacial score (nSPS) is 20.1. The number of rotatable bonds is 4. The predicted molar refractivity (Wildman–Crippen MR) is 69.1 cm³/mol. The van der Waals surface area contributed by atoms with Crippen LogP contribution in [0.15, 0.2) is 25.0 Å². The molecule has 0 radical (unpaired) electrons. The van der Waals surface area contributed by atoms with Gasteiger partial charge in [-0.3, -0.25) is 0 Å². The van der Waals surface area contributed by atoms with E-state index in [0.29, 0.717) is 6.04 Å². The van der Waals surface area contributed by atoms with Crippen LogP contribution in [0.4, 0.5) is 0 Å². The molecule has 1 aliphatic rings. The van der Waals surface area contributed by atoms with Gasteiger partial charge in [-0.1, -0.05) is 6.42 Å². The zero-order chi connectivity index (χ0) is 12.2. The molecule has 1 fully saturated rings. The highest BCUT2D eigenvalue weighted by molar-refractivity contribution is 5.07. The predicted octanol–water partition coefficient (Wildman–Crippen LogP) is 1.66. The number of piperidine rings is 1. The van der Waals surface area contributed by atoms with Crippen molar-refractivity contribution in [3.8, 4) is 0 Å². The molecular weight excluding hydrogens is 226 g/mol. The Morgan fingerprint density at radius 3 is 3.06 bits per heavy atom. The molecular formula is C13H19N5. The second kappa shape index (κ2) is 5.35. The van der Waals surface area contributed by atoms with Crippen LogP contribution in [0.1, 0.15) is 36.7 Å². The zero-order valence-corrected chi connectivity index (χ0v) is 10.5. The molecule has 3 heterocycles. The number of aromatic amines is 1. The van der Waals surface area contributed by atoms with E-state index in [1.165, 1.54) is 30.7 Å². The van der Waals surface area contributed by atoms with Gasteiger partial charge in [0, 0.05) is 37.1 Å². The van der Waals surface area contributed by atoms with E-state index in [4.69, 9.17) is 0 Å². The first-order chi connectivity index (χ1) is 8.93. The van der Waals surface area contributed by atoms with Crippen molar-refractivity contribution < 1.29 is 0 Å². The number of nitrogens with one attached hydrogen (secondary N) is 2. The van der Waals surface area contributed by atoms with E-state index in [1.54, 1.807) is 6.33 Å². The number of imidazole rings is 2. The SMILES string of the molecule is c1ncc(CCn2cncc2C2CCCCN2)[nH]1. The van der Waals surface area contributed by atoms with Crippen LogP contribution in [0.5, 0.6) is 0 Å². The fourth-order valence-electron chi connectivity index (χ4n) is 2.57. The Kier molecular flexibility index (Phi) is 3.41. The lowest BCUT2D eigenvalue weighted by atomic mass is 10.0. The fourth-order valence-corrected chi connectivity index (χ4v) is 2.57. The molecule has 0 saturated carbocycles. The Labute approximate surface area is 107 Å². The molecule has 1 saturated heterocycles. The van der Waals surface area contributed by atoms with Gasteiger partial charge in [0.05, 0.1) is 18.3 Å². The Hall–Kier alpha value is -1.62. The summed E-state index contributed by atoms with van der Waals surface area (Å²) in [6.45, 7) is 2.08. The Morgan fingerprint density at radius 1 is 1.28 bits per heavy atom. The lowest BCUT2D eigenvalue weighted by Gasteiger charge is -2.24. The molecule has 1 unspecified atom stereocenters. The molecule has 2 aromatic rings. The molecule has 18 heavy (non-hydrogen) atoms. The Morgan fingerprint density at radius 2 is 2.28 bits per heavy atom. The van der Waals surface area contributed by atoms with Crippen molar-refractivity contribution in [2.45, 2.75) is 38.3 Å². The first-order valence-corrected chi connectivity index (χ1v) is 6.64. The summed E-state index contributed by atoms with van der Waals surface area (Å²) in [5.74, 6) is 0. The monoisotopic (exact) mass is 245 g/mol. The van der Waals surface area contributed by atoms with Gasteiger partial charge in [-0.25, -0.2) is 9.97 Å². The Balaban J connectivity index is 1.67. The summed E-state index contributed by atoms with van der Waals surface area (Å²) >= 11 is 0. The second-order valence-corrected chi connectivity index (χ2v) is 4.84. The van der Waals surface area contributed by atoms with Gasteiger partial charge in [-0.15, -0.1) is 0 Å². The molecule has 0 aliphatic carbocycles. The Bertz CT molecular complexity index is 467. The third kappa shape index (κ3) is 2.46. The smallest absolute Gasteiger partial charge is 0.0948 e. The average Bonchev–Trinajstić information content (AvgIpc) is 3.09. The molecule has 0 spiro atoms. The molecule has 0 bridgehead atoms. The van der Waals surface area contributed by atoms with Crippen molar-refractivity contribution in [2.24, 2.45) is 0 Å². The van der Waals surface area contributed by atoms with Crippen LogP contribution in [0, 0.1) is 0 Å². The molecule has 3 rings (SSSR count). The highest BCUT2D eigenvalue weighted by atomic mass is 15.1. The van der Waals surface area contributed by atoms with Crippen LogP contribution < -0.4 is 5.32 Å². The summed E-state index contributed by atoms with van der Waals surface area (Å²) in [4.78, 5) is 11.5. The van der Waals surface area contributed by atoms with Crippen LogP contribution in [-0.2, 0) is 13.0 Å². The summed E-state index contributed by atoms with van der Waals surface area (Å²) in [5, 5.41) is 3.57. The molecule has 1 atom stereocenters. The number of aromatic nitrogens is 4. The van der Waals surface area contributed by atoms with Crippen LogP contribution in [-0.4, -0.2) is 26.1 Å². The van der Waals surface area contributed by atoms with E-state index < -0.39 is 0 Å². The lowest BCUT2D eigenvalue weighted by Crippen LogP contribution is -2.28. The van der Waals surface area contributed by atoms with Crippen molar-refractivity contribution in [3.05, 3.63) is 36.4 Å². The highest BCUT2D eigenvalue weighted by Crippen LogP contribution is 2.22. The van der Waals surface area contributed by atoms with Gasteiger partial charge >= 0.3 is 0 Å². The maximum Gasteiger partial charge on any atom is 0.0948 e. The molecule has 5 heteroatoms. The minimum atomic E-state index is 0.475. The minimum Gasteiger partial charge on any atom is -0.348 e. The molecule has 2 aromatic heterocycles. The standard InChI is InChI=1S/C13H19N5/c1-2-5-16-12(3-1)13-8-15-10-18(13)6-4-11-7-14-9-17-11/h7-10,12,16H,1-6H2,(H,14,17). The maximum absolute atomic E-state index is 4.29. The van der Waals surface area contributed by atoms with Gasteiger partial charge in [0.25, 0.3) is 0 Å². The summed E-state index contributed by atoms with van der Waals surface area (Å²) in [7, 11) is 0. The number of aryl methyl sites for hydroxylation is 2. The number of nitrogens with zero attached hydrogens (tertiary/aromatic N) is 3. The van der Waals surface area contributed by atoms with E-state index in [1.807, 2.05) is 18.7 Å². The van der Waals surface area contributed by atoms with Crippen molar-refractivity contribution in [1.29, 1.82) is 0 Å². The molecule has 0 aromatic carbocycles. The number of hydrogen-bond donors (Lipinski definition) is 2. The zero-order valence-electron chi connectivity index (χ0n) is 10.5. The van der Waals surface area contributed by atoms with Crippen molar-refractivity contribution in [1.82, 2.24) is 24.8 Å². The molecule has 2 N–H and O–H groups in total. The fraction of sp³-hybridized carbons (Fsp3) is 0.538. The lowest BCUT2D eigenvalue weighted by molar-refractivity contribution is 0.393. The van der Waals surface area contributed by atoms with Gasteiger partial charge in [0.2, 0.25) is 0 Å². The summed E-state index contributed by atoms with van der Waals surface area (Å²) in [5.41, 5.74) is 2.49. The number of H-pyrrole nitrogens is 1. The van der Waals surface area contributed by atoms with Crippen LogP contribution in [0.25, 0.3) is 0 Å². The van der Waals surface area contributed by atoms with Gasteiger partial charge in [-0.05, 0) is 19.4 Å². The summed E-state index contributed by atoms with van der Waals surface area (Å²) < 4.78 is 2.25. The summed E-state index contributed by atoms with van der Waals surface area (Å²) in [6.07, 6.45) is 12.3. The van der Waals surface area contributed by atoms with Crippen LogP contribution in [0.2, 0.25) is 0 Å². The van der Waals surface area contributed by atoms with Gasteiger partial charge < -0.3 is 14.9 Å². The van der Waals surface area contributed by atoms with E-state index in [2.05, 4.69) is 24.8 Å². The van der Waals surface area contributed by atoms with Crippen molar-refractivity contribution in [2.75, 3.05) is 6.54 Å². The first kappa shape index (κ1) is 11.5. The molecule has 5 nitrogen and oxygen atoms in total. The van der Waals surface area contributed by atoms with E-state index >= 15 is 0 Å². The second-order valence-electron chi connectivity index (χ2n) is 4.84. The highest BCUT2D eigenvalue weighted by Gasteiger charge is 2.18. The van der Waals surface area contributed by atoms with Crippen LogP contribution >= 0.6 is 0 Å². The third-order valence-corrected chi connectivity index (χ3v) is 3.59. The van der Waals surface area contributed by atoms with Crippen molar-refractivity contribution >= 4 is 0 Å². The minimum absolute atomic E-state index is 0.475. The van der Waals surface area contributed by atoms with E-state index in [9.17, 15) is 0 Å². The molecule has 0 amide bonds. The quantitative estimate of drug-likeness (QED) is 0.861. The van der Waals surface area contributed by atoms with E-state index in [0.717, 1.165) is 19.5 Å². The average molecular weight is 245 g/mol.